The molecule has 0 aliphatic carbocycles. The molecule has 0 aromatic heterocycles. The van der Waals surface area contributed by atoms with Gasteiger partial charge >= 0.3 is 0 Å². The number of ether oxygens (including phenoxy) is 3. The van der Waals surface area contributed by atoms with Crippen LogP contribution in [-0.2, 0) is 14.2 Å². The number of methoxy groups -OCH3 is 1. The van der Waals surface area contributed by atoms with E-state index >= 15 is 0 Å². The van der Waals surface area contributed by atoms with Crippen LogP contribution in [0.5, 0.6) is 0 Å². The van der Waals surface area contributed by atoms with Gasteiger partial charge in [0.05, 0.1) is 26.4 Å². The Bertz CT molecular complexity index is 145. The van der Waals surface area contributed by atoms with Gasteiger partial charge in [-0.25, -0.2) is 0 Å². The summed E-state index contributed by atoms with van der Waals surface area (Å²) in [7, 11) is 5.84. The van der Waals surface area contributed by atoms with Crippen LogP contribution in [0.3, 0.4) is 0 Å². The van der Waals surface area contributed by atoms with Crippen LogP contribution >= 0.6 is 0 Å². The highest BCUT2D eigenvalue weighted by molar-refractivity contribution is 4.34. The van der Waals surface area contributed by atoms with Gasteiger partial charge in [0.1, 0.15) is 0 Å². The van der Waals surface area contributed by atoms with E-state index in [9.17, 15) is 0 Å². The second-order valence-corrected chi connectivity index (χ2v) is 5.37. The van der Waals surface area contributed by atoms with Crippen molar-refractivity contribution in [2.75, 3.05) is 60.8 Å². The standard InChI is InChI=1S/C8H18O3.C5H13N.C5H12/c1-3-4-10-7-8-11-6-5-9-2;1-4-5-6(2)3;1-3-5-4-2/h3-8H2,1-2H3;4-5H2,1-3H3;3-5H2,1-2H3. The molecule has 0 saturated carbocycles. The van der Waals surface area contributed by atoms with Crippen LogP contribution in [0.25, 0.3) is 0 Å². The molecule has 0 atom stereocenters. The Labute approximate surface area is 140 Å². The van der Waals surface area contributed by atoms with Crippen molar-refractivity contribution in [3.8, 4) is 0 Å². The quantitative estimate of drug-likeness (QED) is 0.503. The second kappa shape index (κ2) is 28.9. The molecule has 0 fully saturated rings. The van der Waals surface area contributed by atoms with Crippen molar-refractivity contribution in [2.24, 2.45) is 0 Å². The third-order valence-corrected chi connectivity index (χ3v) is 2.53. The highest BCUT2D eigenvalue weighted by Crippen LogP contribution is 1.88. The Kier molecular flexibility index (Phi) is 35.1. The molecule has 138 valence electrons. The number of nitrogens with zero attached hydrogens (tertiary/aromatic N) is 1. The molecule has 22 heavy (non-hydrogen) atoms. The van der Waals surface area contributed by atoms with E-state index in [0.717, 1.165) is 13.0 Å². The van der Waals surface area contributed by atoms with E-state index in [-0.39, 0.29) is 0 Å². The monoisotopic (exact) mass is 321 g/mol. The smallest absolute Gasteiger partial charge is 0.0701 e. The van der Waals surface area contributed by atoms with Gasteiger partial charge < -0.3 is 19.1 Å². The Hall–Kier alpha value is -0.160. The minimum atomic E-state index is 0.659. The summed E-state index contributed by atoms with van der Waals surface area (Å²) < 4.78 is 15.2. The zero-order valence-corrected chi connectivity index (χ0v) is 16.5. The van der Waals surface area contributed by atoms with Crippen LogP contribution in [0, 0.1) is 0 Å². The molecule has 0 rings (SSSR count). The number of unbranched alkanes of at least 4 members (excludes halogenated alkanes) is 2. The number of hydrogen-bond acceptors (Lipinski definition) is 4. The number of hydrogen-bond donors (Lipinski definition) is 0. The van der Waals surface area contributed by atoms with E-state index in [1.807, 2.05) is 0 Å². The van der Waals surface area contributed by atoms with Crippen LogP contribution in [0.2, 0.25) is 0 Å². The lowest BCUT2D eigenvalue weighted by Gasteiger charge is -2.03. The lowest BCUT2D eigenvalue weighted by atomic mass is 10.3. The zero-order valence-electron chi connectivity index (χ0n) is 16.5. The van der Waals surface area contributed by atoms with Crippen LogP contribution < -0.4 is 0 Å². The summed E-state index contributed by atoms with van der Waals surface area (Å²) in [6, 6.07) is 0. The number of rotatable bonds is 12. The zero-order chi connectivity index (χ0) is 17.5. The first-order chi connectivity index (χ1) is 10.6. The van der Waals surface area contributed by atoms with Crippen molar-refractivity contribution in [3.05, 3.63) is 0 Å². The molecular formula is C18H43NO3. The molecule has 0 saturated heterocycles. The minimum absolute atomic E-state index is 0.659. The van der Waals surface area contributed by atoms with Crippen LogP contribution in [-0.4, -0.2) is 65.7 Å². The summed E-state index contributed by atoms with van der Waals surface area (Å²) >= 11 is 0. The van der Waals surface area contributed by atoms with Gasteiger partial charge in [-0.1, -0.05) is 47.0 Å². The minimum Gasteiger partial charge on any atom is -0.382 e. The van der Waals surface area contributed by atoms with Gasteiger partial charge in [-0.3, -0.25) is 0 Å². The van der Waals surface area contributed by atoms with Crippen molar-refractivity contribution in [2.45, 2.75) is 59.8 Å². The van der Waals surface area contributed by atoms with Crippen molar-refractivity contribution >= 4 is 0 Å². The molecule has 0 aliphatic heterocycles. The molecule has 0 aromatic rings. The molecular weight excluding hydrogens is 278 g/mol. The molecule has 0 heterocycles. The van der Waals surface area contributed by atoms with Gasteiger partial charge in [0.2, 0.25) is 0 Å². The molecule has 0 unspecified atom stereocenters. The summed E-state index contributed by atoms with van der Waals surface area (Å²) in [6.07, 6.45) is 6.40. The Balaban J connectivity index is -0.000000277. The average molecular weight is 322 g/mol. The predicted molar refractivity (Wildman–Crippen MR) is 97.8 cm³/mol. The lowest BCUT2D eigenvalue weighted by molar-refractivity contribution is 0.0250. The van der Waals surface area contributed by atoms with Gasteiger partial charge in [0.25, 0.3) is 0 Å². The fourth-order valence-corrected chi connectivity index (χ4v) is 1.41. The summed E-state index contributed by atoms with van der Waals surface area (Å²) in [5.41, 5.74) is 0. The largest absolute Gasteiger partial charge is 0.382 e. The van der Waals surface area contributed by atoms with Crippen molar-refractivity contribution in [1.82, 2.24) is 4.90 Å². The second-order valence-electron chi connectivity index (χ2n) is 5.37. The third kappa shape index (κ3) is 42.7. The van der Waals surface area contributed by atoms with Crippen LogP contribution in [0.1, 0.15) is 59.8 Å². The van der Waals surface area contributed by atoms with Gasteiger partial charge in [0, 0.05) is 13.7 Å². The first-order valence-corrected chi connectivity index (χ1v) is 8.89. The van der Waals surface area contributed by atoms with Gasteiger partial charge in [-0.15, -0.1) is 0 Å². The molecule has 0 aliphatic rings. The van der Waals surface area contributed by atoms with E-state index < -0.39 is 0 Å². The molecule has 0 aromatic carbocycles. The van der Waals surface area contributed by atoms with Gasteiger partial charge in [0.15, 0.2) is 0 Å². The van der Waals surface area contributed by atoms with E-state index in [2.05, 4.69) is 46.7 Å². The molecule has 4 nitrogen and oxygen atoms in total. The summed E-state index contributed by atoms with van der Waals surface area (Å²) in [6.45, 7) is 13.4. The van der Waals surface area contributed by atoms with Crippen LogP contribution in [0.4, 0.5) is 0 Å². The van der Waals surface area contributed by atoms with Gasteiger partial charge in [-0.05, 0) is 33.5 Å². The van der Waals surface area contributed by atoms with E-state index in [0.29, 0.717) is 26.4 Å². The molecule has 0 spiro atoms. The molecule has 0 amide bonds. The first kappa shape index (κ1) is 26.7. The summed E-state index contributed by atoms with van der Waals surface area (Å²) in [5.74, 6) is 0. The predicted octanol–water partition coefficient (Wildman–Crippen LogP) is 4.23. The van der Waals surface area contributed by atoms with Crippen molar-refractivity contribution in [3.63, 3.8) is 0 Å². The van der Waals surface area contributed by atoms with Crippen molar-refractivity contribution in [1.29, 1.82) is 0 Å². The van der Waals surface area contributed by atoms with Crippen LogP contribution in [0.15, 0.2) is 0 Å². The SMILES string of the molecule is CCCCC.CCCN(C)C.CCCOCCOCCOC. The highest BCUT2D eigenvalue weighted by atomic mass is 16.5. The fraction of sp³-hybridized carbons (Fsp3) is 1.00. The summed E-state index contributed by atoms with van der Waals surface area (Å²) in [5, 5.41) is 0. The third-order valence-electron chi connectivity index (χ3n) is 2.53. The fourth-order valence-electron chi connectivity index (χ4n) is 1.41. The topological polar surface area (TPSA) is 30.9 Å². The van der Waals surface area contributed by atoms with Gasteiger partial charge in [-0.2, -0.15) is 0 Å². The Morgan fingerprint density at radius 1 is 0.636 bits per heavy atom. The molecule has 0 radical (unpaired) electrons. The first-order valence-electron chi connectivity index (χ1n) is 8.89. The molecule has 4 heteroatoms. The molecule has 0 N–H and O–H groups in total. The normalized spacial score (nSPS) is 9.82. The lowest BCUT2D eigenvalue weighted by Crippen LogP contribution is -2.11. The summed E-state index contributed by atoms with van der Waals surface area (Å²) in [4.78, 5) is 2.18. The maximum absolute atomic E-state index is 5.20. The average Bonchev–Trinajstić information content (AvgIpc) is 2.48. The van der Waals surface area contributed by atoms with E-state index in [4.69, 9.17) is 14.2 Å². The van der Waals surface area contributed by atoms with E-state index in [1.54, 1.807) is 7.11 Å². The Morgan fingerprint density at radius 3 is 1.41 bits per heavy atom. The maximum Gasteiger partial charge on any atom is 0.0701 e. The van der Waals surface area contributed by atoms with E-state index in [1.165, 1.54) is 32.2 Å². The van der Waals surface area contributed by atoms with Crippen molar-refractivity contribution < 1.29 is 14.2 Å². The molecule has 0 bridgehead atoms. The Morgan fingerprint density at radius 2 is 1.14 bits per heavy atom. The maximum atomic E-state index is 5.20. The highest BCUT2D eigenvalue weighted by Gasteiger charge is 1.87.